The highest BCUT2D eigenvalue weighted by atomic mass is 16.7. The lowest BCUT2D eigenvalue weighted by molar-refractivity contribution is -0.0170. The first-order valence-corrected chi connectivity index (χ1v) is 10.9. The van der Waals surface area contributed by atoms with Crippen molar-refractivity contribution in [3.05, 3.63) is 29.8 Å². The molecule has 0 aromatic heterocycles. The lowest BCUT2D eigenvalue weighted by atomic mass is 9.79. The van der Waals surface area contributed by atoms with Crippen LogP contribution < -0.4 is 5.46 Å². The second-order valence-electron chi connectivity index (χ2n) is 10.3. The van der Waals surface area contributed by atoms with Gasteiger partial charge in [0.25, 0.3) is 0 Å². The van der Waals surface area contributed by atoms with Crippen molar-refractivity contribution < 1.29 is 23.6 Å². The van der Waals surface area contributed by atoms with Crippen LogP contribution in [0.2, 0.25) is 0 Å². The number of piperidine rings is 1. The van der Waals surface area contributed by atoms with E-state index in [0.717, 1.165) is 23.9 Å². The van der Waals surface area contributed by atoms with Crippen molar-refractivity contribution in [1.82, 2.24) is 4.90 Å². The summed E-state index contributed by atoms with van der Waals surface area (Å²) in [5.41, 5.74) is 0.991. The van der Waals surface area contributed by atoms with E-state index in [-0.39, 0.29) is 30.5 Å². The number of rotatable bonds is 4. The second-order valence-corrected chi connectivity index (χ2v) is 10.3. The van der Waals surface area contributed by atoms with Gasteiger partial charge in [-0.2, -0.15) is 0 Å². The van der Waals surface area contributed by atoms with Crippen LogP contribution >= 0.6 is 0 Å². The third kappa shape index (κ3) is 5.57. The molecule has 6 nitrogen and oxygen atoms in total. The van der Waals surface area contributed by atoms with Crippen molar-refractivity contribution in [1.29, 1.82) is 0 Å². The molecule has 3 rings (SSSR count). The van der Waals surface area contributed by atoms with Crippen molar-refractivity contribution in [3.63, 3.8) is 0 Å². The summed E-state index contributed by atoms with van der Waals surface area (Å²) < 4.78 is 23.8. The molecule has 30 heavy (non-hydrogen) atoms. The standard InChI is InChI=1S/C23H36BNO5/c1-21(2,3)28-20(26)25-14-12-19(13-15-25)27-16-17-8-10-18(11-9-17)24-29-22(4,5)23(6,7)30-24/h8-11,19H,12-16H2,1-7H3. The van der Waals surface area contributed by atoms with Gasteiger partial charge in [0.2, 0.25) is 0 Å². The summed E-state index contributed by atoms with van der Waals surface area (Å²) in [7, 11) is -0.345. The van der Waals surface area contributed by atoms with Crippen molar-refractivity contribution in [3.8, 4) is 0 Å². The molecule has 166 valence electrons. The summed E-state index contributed by atoms with van der Waals surface area (Å²) in [5.74, 6) is 0. The summed E-state index contributed by atoms with van der Waals surface area (Å²) in [6.07, 6.45) is 1.57. The number of carbonyl (C=O) groups excluding carboxylic acids is 1. The molecule has 2 saturated heterocycles. The van der Waals surface area contributed by atoms with Gasteiger partial charge in [0.1, 0.15) is 5.60 Å². The number of amides is 1. The van der Waals surface area contributed by atoms with E-state index in [4.69, 9.17) is 18.8 Å². The Morgan fingerprint density at radius 3 is 2.10 bits per heavy atom. The van der Waals surface area contributed by atoms with Gasteiger partial charge >= 0.3 is 13.2 Å². The van der Waals surface area contributed by atoms with E-state index in [1.54, 1.807) is 4.90 Å². The molecule has 7 heteroatoms. The second kappa shape index (κ2) is 8.52. The Bertz CT molecular complexity index is 717. The Balaban J connectivity index is 1.45. The molecule has 2 aliphatic rings. The molecule has 1 aromatic rings. The Morgan fingerprint density at radius 1 is 1.07 bits per heavy atom. The maximum Gasteiger partial charge on any atom is 0.494 e. The third-order valence-corrected chi connectivity index (χ3v) is 6.08. The fourth-order valence-electron chi connectivity index (χ4n) is 3.50. The van der Waals surface area contributed by atoms with E-state index in [1.807, 2.05) is 32.9 Å². The van der Waals surface area contributed by atoms with Crippen LogP contribution in [0.1, 0.15) is 66.9 Å². The van der Waals surface area contributed by atoms with E-state index in [2.05, 4.69) is 39.8 Å². The van der Waals surface area contributed by atoms with Crippen molar-refractivity contribution in [2.24, 2.45) is 0 Å². The zero-order chi connectivity index (χ0) is 22.2. The number of benzene rings is 1. The maximum atomic E-state index is 12.2. The minimum Gasteiger partial charge on any atom is -0.444 e. The molecule has 0 spiro atoms. The van der Waals surface area contributed by atoms with Gasteiger partial charge in [-0.25, -0.2) is 4.79 Å². The molecule has 0 saturated carbocycles. The molecular formula is C23H36BNO5. The van der Waals surface area contributed by atoms with Gasteiger partial charge in [-0.05, 0) is 72.3 Å². The molecule has 1 aromatic carbocycles. The molecule has 0 atom stereocenters. The summed E-state index contributed by atoms with van der Waals surface area (Å²) in [6, 6.07) is 8.23. The number of carbonyl (C=O) groups is 1. The van der Waals surface area contributed by atoms with Crippen LogP contribution in [0.15, 0.2) is 24.3 Å². The van der Waals surface area contributed by atoms with Gasteiger partial charge < -0.3 is 23.7 Å². The van der Waals surface area contributed by atoms with Gasteiger partial charge in [0.15, 0.2) is 0 Å². The average molecular weight is 417 g/mol. The Hall–Kier alpha value is -1.57. The lowest BCUT2D eigenvalue weighted by Crippen LogP contribution is -2.43. The molecule has 1 amide bonds. The number of nitrogens with zero attached hydrogens (tertiary/aromatic N) is 1. The first kappa shape index (κ1) is 23.1. The van der Waals surface area contributed by atoms with E-state index in [0.29, 0.717) is 19.7 Å². The third-order valence-electron chi connectivity index (χ3n) is 6.08. The largest absolute Gasteiger partial charge is 0.494 e. The fraction of sp³-hybridized carbons (Fsp3) is 0.696. The predicted molar refractivity (Wildman–Crippen MR) is 118 cm³/mol. The first-order valence-electron chi connectivity index (χ1n) is 10.9. The van der Waals surface area contributed by atoms with Crippen LogP contribution in [0, 0.1) is 0 Å². The fourth-order valence-corrected chi connectivity index (χ4v) is 3.50. The van der Waals surface area contributed by atoms with Crippen LogP contribution in [0.3, 0.4) is 0 Å². The average Bonchev–Trinajstić information content (AvgIpc) is 2.87. The van der Waals surface area contributed by atoms with Crippen LogP contribution in [0.4, 0.5) is 4.79 Å². The molecule has 0 aliphatic carbocycles. The van der Waals surface area contributed by atoms with E-state index in [1.165, 1.54) is 0 Å². The Kier molecular flexibility index (Phi) is 6.56. The topological polar surface area (TPSA) is 57.2 Å². The highest BCUT2D eigenvalue weighted by Gasteiger charge is 2.51. The lowest BCUT2D eigenvalue weighted by Gasteiger charge is -2.33. The predicted octanol–water partition coefficient (Wildman–Crippen LogP) is 3.90. The zero-order valence-electron chi connectivity index (χ0n) is 19.5. The van der Waals surface area contributed by atoms with Crippen LogP contribution in [0.25, 0.3) is 0 Å². The normalized spacial score (nSPS) is 21.7. The van der Waals surface area contributed by atoms with Crippen LogP contribution in [0.5, 0.6) is 0 Å². The summed E-state index contributed by atoms with van der Waals surface area (Å²) in [5, 5.41) is 0. The SMILES string of the molecule is CC(C)(C)OC(=O)N1CCC(OCc2ccc(B3OC(C)(C)C(C)(C)O3)cc2)CC1. The van der Waals surface area contributed by atoms with Gasteiger partial charge in [0.05, 0.1) is 23.9 Å². The van der Waals surface area contributed by atoms with E-state index in [9.17, 15) is 4.79 Å². The minimum atomic E-state index is -0.462. The molecular weight excluding hydrogens is 381 g/mol. The van der Waals surface area contributed by atoms with Gasteiger partial charge in [-0.1, -0.05) is 24.3 Å². The van der Waals surface area contributed by atoms with Crippen molar-refractivity contribution in [2.45, 2.75) is 90.8 Å². The monoisotopic (exact) mass is 417 g/mol. The van der Waals surface area contributed by atoms with Crippen molar-refractivity contribution in [2.75, 3.05) is 13.1 Å². The van der Waals surface area contributed by atoms with E-state index < -0.39 is 5.60 Å². The first-order chi connectivity index (χ1) is 13.9. The smallest absolute Gasteiger partial charge is 0.444 e. The van der Waals surface area contributed by atoms with E-state index >= 15 is 0 Å². The molecule has 2 aliphatic heterocycles. The van der Waals surface area contributed by atoms with Gasteiger partial charge in [-0.3, -0.25) is 0 Å². The highest BCUT2D eigenvalue weighted by molar-refractivity contribution is 6.62. The summed E-state index contributed by atoms with van der Waals surface area (Å²) in [4.78, 5) is 13.9. The summed E-state index contributed by atoms with van der Waals surface area (Å²) >= 11 is 0. The quantitative estimate of drug-likeness (QED) is 0.696. The van der Waals surface area contributed by atoms with Gasteiger partial charge in [0, 0.05) is 13.1 Å². The molecule has 0 bridgehead atoms. The van der Waals surface area contributed by atoms with Crippen molar-refractivity contribution >= 4 is 18.7 Å². The molecule has 0 N–H and O–H groups in total. The molecule has 0 radical (unpaired) electrons. The van der Waals surface area contributed by atoms with Crippen LogP contribution in [-0.4, -0.2) is 54.1 Å². The number of ether oxygens (including phenoxy) is 2. The molecule has 0 unspecified atom stereocenters. The zero-order valence-corrected chi connectivity index (χ0v) is 19.5. The minimum absolute atomic E-state index is 0.159. The Morgan fingerprint density at radius 2 is 1.60 bits per heavy atom. The number of hydrogen-bond donors (Lipinski definition) is 0. The molecule has 2 fully saturated rings. The Labute approximate surface area is 181 Å². The number of likely N-dealkylation sites (tertiary alicyclic amines) is 1. The summed E-state index contributed by atoms with van der Waals surface area (Å²) in [6.45, 7) is 15.8. The molecule has 2 heterocycles. The van der Waals surface area contributed by atoms with Crippen LogP contribution in [-0.2, 0) is 25.4 Å². The number of hydrogen-bond acceptors (Lipinski definition) is 5. The highest BCUT2D eigenvalue weighted by Crippen LogP contribution is 2.36. The van der Waals surface area contributed by atoms with Gasteiger partial charge in [-0.15, -0.1) is 0 Å². The maximum absolute atomic E-state index is 12.2.